The fourth-order valence-corrected chi connectivity index (χ4v) is 3.04. The minimum Gasteiger partial charge on any atom is -0.478 e. The highest BCUT2D eigenvalue weighted by Crippen LogP contribution is 2.32. The number of hydrogen-bond donors (Lipinski definition) is 1. The van der Waals surface area contributed by atoms with Gasteiger partial charge in [0.15, 0.2) is 10.9 Å². The summed E-state index contributed by atoms with van der Waals surface area (Å²) in [6.45, 7) is 1.50. The molecular weight excluding hydrogens is 316 g/mol. The Hall–Kier alpha value is -1.96. The molecule has 0 aliphatic carbocycles. The van der Waals surface area contributed by atoms with E-state index in [0.717, 1.165) is 16.7 Å². The number of hydrogen-bond acceptors (Lipinski definition) is 4. The molecule has 1 fully saturated rings. The molecule has 0 radical (unpaired) electrons. The molecule has 1 atom stereocenters. The number of nitrogens with zero attached hydrogens (tertiary/aromatic N) is 1. The molecule has 1 aromatic carbocycles. The number of rotatable bonds is 4. The molecule has 1 aliphatic rings. The van der Waals surface area contributed by atoms with Crippen LogP contribution in [-0.4, -0.2) is 34.4 Å². The largest absolute Gasteiger partial charge is 0.478 e. The molecule has 1 N–H and O–H groups in total. The Morgan fingerprint density at radius 2 is 2.09 bits per heavy atom. The molecule has 8 heteroatoms. The molecular formula is C14H13F2NO4S. The van der Waals surface area contributed by atoms with Crippen molar-refractivity contribution < 1.29 is 28.3 Å². The lowest BCUT2D eigenvalue weighted by Gasteiger charge is -2.19. The van der Waals surface area contributed by atoms with Crippen molar-refractivity contribution in [3.05, 3.63) is 29.3 Å². The Balaban J connectivity index is 2.30. The lowest BCUT2D eigenvalue weighted by molar-refractivity contribution is -0.117. The average Bonchev–Trinajstić information content (AvgIpc) is 2.76. The summed E-state index contributed by atoms with van der Waals surface area (Å²) in [7, 11) is 0. The van der Waals surface area contributed by atoms with Gasteiger partial charge in [-0.05, 0) is 12.0 Å². The van der Waals surface area contributed by atoms with Crippen molar-refractivity contribution in [2.75, 3.05) is 17.2 Å². The van der Waals surface area contributed by atoms with E-state index in [1.807, 2.05) is 0 Å². The summed E-state index contributed by atoms with van der Waals surface area (Å²) in [4.78, 5) is 35.2. The van der Waals surface area contributed by atoms with Crippen LogP contribution in [0.15, 0.2) is 12.1 Å². The van der Waals surface area contributed by atoms with Gasteiger partial charge in [0.05, 0.1) is 11.3 Å². The van der Waals surface area contributed by atoms with Gasteiger partial charge in [-0.2, -0.15) is 0 Å². The van der Waals surface area contributed by atoms with E-state index < -0.39 is 34.8 Å². The first kappa shape index (κ1) is 16.4. The highest BCUT2D eigenvalue weighted by Gasteiger charge is 2.35. The number of carbonyl (C=O) groups excluding carboxylic acids is 2. The molecule has 1 unspecified atom stereocenters. The van der Waals surface area contributed by atoms with Gasteiger partial charge in [0.1, 0.15) is 5.82 Å². The lowest BCUT2D eigenvalue weighted by Crippen LogP contribution is -2.28. The number of thioether (sulfide) groups is 1. The van der Waals surface area contributed by atoms with Gasteiger partial charge >= 0.3 is 5.97 Å². The van der Waals surface area contributed by atoms with Crippen LogP contribution in [0.5, 0.6) is 0 Å². The highest BCUT2D eigenvalue weighted by molar-refractivity contribution is 8.13. The topological polar surface area (TPSA) is 74.7 Å². The van der Waals surface area contributed by atoms with E-state index in [9.17, 15) is 23.2 Å². The van der Waals surface area contributed by atoms with Crippen molar-refractivity contribution in [1.82, 2.24) is 0 Å². The van der Waals surface area contributed by atoms with Crippen LogP contribution >= 0.6 is 11.8 Å². The van der Waals surface area contributed by atoms with Crippen molar-refractivity contribution in [2.24, 2.45) is 5.92 Å². The SMILES string of the molecule is CC(=O)SCC1CC(=O)N(c2c(F)cc(F)cc2C(=O)O)C1. The van der Waals surface area contributed by atoms with Crippen LogP contribution in [-0.2, 0) is 9.59 Å². The Morgan fingerprint density at radius 3 is 2.68 bits per heavy atom. The molecule has 5 nitrogen and oxygen atoms in total. The van der Waals surface area contributed by atoms with Crippen molar-refractivity contribution >= 4 is 34.4 Å². The Kier molecular flexibility index (Phi) is 4.80. The number of anilines is 1. The minimum atomic E-state index is -1.51. The maximum absolute atomic E-state index is 14.0. The summed E-state index contributed by atoms with van der Waals surface area (Å²) in [6.07, 6.45) is 0.0934. The molecule has 0 spiro atoms. The monoisotopic (exact) mass is 329 g/mol. The molecule has 1 aliphatic heterocycles. The molecule has 118 valence electrons. The van der Waals surface area contributed by atoms with Gasteiger partial charge in [-0.3, -0.25) is 9.59 Å². The first-order valence-electron chi connectivity index (χ1n) is 6.45. The Bertz CT molecular complexity index is 650. The molecule has 0 saturated carbocycles. The van der Waals surface area contributed by atoms with Gasteiger partial charge in [0, 0.05) is 31.7 Å². The number of benzene rings is 1. The molecule has 2 rings (SSSR count). The maximum Gasteiger partial charge on any atom is 0.338 e. The van der Waals surface area contributed by atoms with E-state index in [1.165, 1.54) is 6.92 Å². The summed E-state index contributed by atoms with van der Waals surface area (Å²) < 4.78 is 27.2. The van der Waals surface area contributed by atoms with Crippen molar-refractivity contribution in [3.63, 3.8) is 0 Å². The number of carbonyl (C=O) groups is 3. The first-order valence-corrected chi connectivity index (χ1v) is 7.44. The second-order valence-corrected chi connectivity index (χ2v) is 6.16. The van der Waals surface area contributed by atoms with Crippen LogP contribution < -0.4 is 4.90 Å². The van der Waals surface area contributed by atoms with Gasteiger partial charge in [-0.1, -0.05) is 11.8 Å². The lowest BCUT2D eigenvalue weighted by atomic mass is 10.1. The Morgan fingerprint density at radius 1 is 1.41 bits per heavy atom. The zero-order valence-corrected chi connectivity index (χ0v) is 12.5. The molecule has 1 amide bonds. The van der Waals surface area contributed by atoms with E-state index in [0.29, 0.717) is 17.9 Å². The van der Waals surface area contributed by atoms with Gasteiger partial charge in [0.25, 0.3) is 0 Å². The summed E-state index contributed by atoms with van der Waals surface area (Å²) in [6, 6.07) is 1.23. The van der Waals surface area contributed by atoms with Gasteiger partial charge in [-0.25, -0.2) is 13.6 Å². The quantitative estimate of drug-likeness (QED) is 0.917. The van der Waals surface area contributed by atoms with Crippen molar-refractivity contribution in [2.45, 2.75) is 13.3 Å². The van der Waals surface area contributed by atoms with Gasteiger partial charge in [0.2, 0.25) is 5.91 Å². The van der Waals surface area contributed by atoms with E-state index >= 15 is 0 Å². The third kappa shape index (κ3) is 3.44. The predicted octanol–water partition coefficient (Wildman–Crippen LogP) is 2.30. The zero-order chi connectivity index (χ0) is 16.4. The third-order valence-corrected chi connectivity index (χ3v) is 4.30. The number of amides is 1. The second kappa shape index (κ2) is 6.43. The van der Waals surface area contributed by atoms with Crippen LogP contribution in [0.4, 0.5) is 14.5 Å². The number of carboxylic acids is 1. The van der Waals surface area contributed by atoms with Crippen molar-refractivity contribution in [1.29, 1.82) is 0 Å². The molecule has 1 aromatic rings. The molecule has 0 aromatic heterocycles. The second-order valence-electron chi connectivity index (χ2n) is 4.97. The summed E-state index contributed by atoms with van der Waals surface area (Å²) in [5.41, 5.74) is -1.01. The molecule has 22 heavy (non-hydrogen) atoms. The summed E-state index contributed by atoms with van der Waals surface area (Å²) in [5, 5.41) is 8.99. The molecule has 0 bridgehead atoms. The third-order valence-electron chi connectivity index (χ3n) is 3.26. The normalized spacial score (nSPS) is 17.9. The summed E-state index contributed by atoms with van der Waals surface area (Å²) in [5.74, 6) is -3.86. The van der Waals surface area contributed by atoms with E-state index in [2.05, 4.69) is 0 Å². The van der Waals surface area contributed by atoms with Crippen LogP contribution in [0.3, 0.4) is 0 Å². The molecule has 1 heterocycles. The standard InChI is InChI=1S/C14H13F2NO4S/c1-7(18)22-6-8-2-12(19)17(5-8)13-10(14(20)21)3-9(15)4-11(13)16/h3-4,8H,2,5-6H2,1H3,(H,20,21). The number of halogens is 2. The highest BCUT2D eigenvalue weighted by atomic mass is 32.2. The Labute approximate surface area is 129 Å². The predicted molar refractivity (Wildman–Crippen MR) is 76.9 cm³/mol. The zero-order valence-electron chi connectivity index (χ0n) is 11.6. The number of carboxylic acid groups (broad SMARTS) is 1. The van der Waals surface area contributed by atoms with Crippen LogP contribution in [0.2, 0.25) is 0 Å². The fraction of sp³-hybridized carbons (Fsp3) is 0.357. The van der Waals surface area contributed by atoms with Crippen LogP contribution in [0.25, 0.3) is 0 Å². The van der Waals surface area contributed by atoms with Crippen molar-refractivity contribution in [3.8, 4) is 0 Å². The van der Waals surface area contributed by atoms with Gasteiger partial charge in [-0.15, -0.1) is 0 Å². The van der Waals surface area contributed by atoms with Crippen LogP contribution in [0.1, 0.15) is 23.7 Å². The average molecular weight is 329 g/mol. The number of aromatic carboxylic acids is 1. The first-order chi connectivity index (χ1) is 10.3. The van der Waals surface area contributed by atoms with Crippen LogP contribution in [0, 0.1) is 17.6 Å². The van der Waals surface area contributed by atoms with Gasteiger partial charge < -0.3 is 10.0 Å². The van der Waals surface area contributed by atoms with E-state index in [4.69, 9.17) is 5.11 Å². The van der Waals surface area contributed by atoms with E-state index in [-0.39, 0.29) is 24.0 Å². The smallest absolute Gasteiger partial charge is 0.338 e. The molecule has 1 saturated heterocycles. The fourth-order valence-electron chi connectivity index (χ4n) is 2.35. The maximum atomic E-state index is 14.0. The minimum absolute atomic E-state index is 0.0925. The van der Waals surface area contributed by atoms with E-state index in [1.54, 1.807) is 0 Å². The summed E-state index contributed by atoms with van der Waals surface area (Å²) >= 11 is 1.06.